The van der Waals surface area contributed by atoms with Gasteiger partial charge in [-0.1, -0.05) is 44.5 Å². The lowest BCUT2D eigenvalue weighted by Gasteiger charge is -2.34. The predicted molar refractivity (Wildman–Crippen MR) is 135 cm³/mol. The molecule has 0 aromatic heterocycles. The summed E-state index contributed by atoms with van der Waals surface area (Å²) in [5.74, 6) is 0.508. The minimum Gasteiger partial charge on any atom is -0.449 e. The highest BCUT2D eigenvalue weighted by atomic mass is 35.5. The Hall–Kier alpha value is -2.28. The lowest BCUT2D eigenvalue weighted by Crippen LogP contribution is -2.46. The van der Waals surface area contributed by atoms with Crippen molar-refractivity contribution in [3.05, 3.63) is 34.9 Å². The van der Waals surface area contributed by atoms with Gasteiger partial charge in [0.05, 0.1) is 12.6 Å². The summed E-state index contributed by atoms with van der Waals surface area (Å²) in [4.78, 5) is 44.5. The van der Waals surface area contributed by atoms with Crippen LogP contribution in [-0.4, -0.2) is 78.5 Å². The summed E-state index contributed by atoms with van der Waals surface area (Å²) in [6.07, 6.45) is 2.97. The van der Waals surface area contributed by atoms with Crippen molar-refractivity contribution < 1.29 is 19.1 Å². The zero-order valence-electron chi connectivity index (χ0n) is 21.3. The Balaban J connectivity index is 1.43. The number of ether oxygens (including phenoxy) is 1. The molecule has 0 bridgehead atoms. The topological polar surface area (TPSA) is 70.2 Å². The minimum absolute atomic E-state index is 0.0238. The third-order valence-electron chi connectivity index (χ3n) is 7.87. The van der Waals surface area contributed by atoms with E-state index in [9.17, 15) is 14.4 Å². The van der Waals surface area contributed by atoms with Crippen LogP contribution < -0.4 is 0 Å². The van der Waals surface area contributed by atoms with Crippen molar-refractivity contribution in [3.63, 3.8) is 0 Å². The van der Waals surface area contributed by atoms with Gasteiger partial charge >= 0.3 is 6.09 Å². The van der Waals surface area contributed by atoms with Crippen LogP contribution in [0, 0.1) is 17.3 Å². The molecule has 0 unspecified atom stereocenters. The van der Waals surface area contributed by atoms with E-state index in [1.807, 2.05) is 54.8 Å². The lowest BCUT2D eigenvalue weighted by molar-refractivity contribution is -0.142. The van der Waals surface area contributed by atoms with Crippen LogP contribution in [0.2, 0.25) is 5.02 Å². The molecule has 1 aromatic rings. The van der Waals surface area contributed by atoms with Crippen LogP contribution in [0.1, 0.15) is 57.9 Å². The Labute approximate surface area is 213 Å². The van der Waals surface area contributed by atoms with Gasteiger partial charge in [-0.25, -0.2) is 4.79 Å². The summed E-state index contributed by atoms with van der Waals surface area (Å²) in [6, 6.07) is 7.47. The fourth-order valence-electron chi connectivity index (χ4n) is 5.24. The number of carbonyl (C=O) groups is 3. The van der Waals surface area contributed by atoms with Crippen LogP contribution in [0.4, 0.5) is 4.79 Å². The highest BCUT2D eigenvalue weighted by Crippen LogP contribution is 2.47. The van der Waals surface area contributed by atoms with E-state index in [1.54, 1.807) is 11.9 Å². The van der Waals surface area contributed by atoms with Crippen molar-refractivity contribution in [2.75, 3.05) is 39.8 Å². The summed E-state index contributed by atoms with van der Waals surface area (Å²) in [7, 11) is 1.76. The molecule has 2 aliphatic heterocycles. The van der Waals surface area contributed by atoms with Gasteiger partial charge in [-0.15, -0.1) is 0 Å². The number of halogens is 1. The summed E-state index contributed by atoms with van der Waals surface area (Å²) in [5, 5.41) is 0.655. The fourth-order valence-corrected chi connectivity index (χ4v) is 5.37. The number of likely N-dealkylation sites (N-methyl/N-ethyl adjacent to an activating group) is 1. The smallest absolute Gasteiger partial charge is 0.409 e. The quantitative estimate of drug-likeness (QED) is 0.577. The molecule has 2 atom stereocenters. The number of hydrogen-bond acceptors (Lipinski definition) is 4. The Morgan fingerprint density at radius 2 is 1.71 bits per heavy atom. The van der Waals surface area contributed by atoms with Gasteiger partial charge in [-0.05, 0) is 49.3 Å². The second kappa shape index (κ2) is 10.4. The maximum atomic E-state index is 13.5. The standard InChI is InChI=1S/C27H38ClN3O4/c1-18(2)17-35-26(34)29(4)23-16-31(15-22(23)19-5-7-21(28)8-6-19)24(32)20-9-13-30(14-10-20)25(33)27(3)11-12-27/h5-8,18,20,22-23H,9-17H2,1-4H3/t22-,23+/m0/s1. The maximum Gasteiger partial charge on any atom is 0.409 e. The molecular formula is C27H38ClN3O4. The molecule has 2 heterocycles. The molecule has 0 radical (unpaired) electrons. The van der Waals surface area contributed by atoms with Crippen molar-refractivity contribution in [2.24, 2.45) is 17.3 Å². The van der Waals surface area contributed by atoms with Crippen LogP contribution in [0.3, 0.4) is 0 Å². The second-order valence-corrected chi connectivity index (χ2v) is 11.6. The number of hydrogen-bond donors (Lipinski definition) is 0. The first-order chi connectivity index (χ1) is 16.6. The van der Waals surface area contributed by atoms with Crippen LogP contribution in [-0.2, 0) is 14.3 Å². The Morgan fingerprint density at radius 1 is 1.09 bits per heavy atom. The minimum atomic E-state index is -0.364. The fraction of sp³-hybridized carbons (Fsp3) is 0.667. The summed E-state index contributed by atoms with van der Waals surface area (Å²) in [6.45, 7) is 8.71. The summed E-state index contributed by atoms with van der Waals surface area (Å²) >= 11 is 6.11. The molecule has 0 N–H and O–H groups in total. The van der Waals surface area contributed by atoms with E-state index >= 15 is 0 Å². The molecule has 0 spiro atoms. The Morgan fingerprint density at radius 3 is 2.29 bits per heavy atom. The molecule has 3 amide bonds. The largest absolute Gasteiger partial charge is 0.449 e. The molecule has 7 nitrogen and oxygen atoms in total. The van der Waals surface area contributed by atoms with Gasteiger partial charge in [0, 0.05) is 55.5 Å². The SMILES string of the molecule is CC(C)COC(=O)N(C)[C@@H]1CN(C(=O)C2CCN(C(=O)C3(C)CC3)CC2)C[C@H]1c1ccc(Cl)cc1. The zero-order valence-corrected chi connectivity index (χ0v) is 22.1. The van der Waals surface area contributed by atoms with E-state index < -0.39 is 0 Å². The molecule has 8 heteroatoms. The number of carbonyl (C=O) groups excluding carboxylic acids is 3. The van der Waals surface area contributed by atoms with Crippen LogP contribution in [0.25, 0.3) is 0 Å². The van der Waals surface area contributed by atoms with E-state index in [4.69, 9.17) is 16.3 Å². The first-order valence-corrected chi connectivity index (χ1v) is 13.2. The lowest BCUT2D eigenvalue weighted by atomic mass is 9.93. The van der Waals surface area contributed by atoms with Gasteiger partial charge in [0.1, 0.15) is 0 Å². The van der Waals surface area contributed by atoms with Crippen molar-refractivity contribution in [1.29, 1.82) is 0 Å². The van der Waals surface area contributed by atoms with Crippen LogP contribution >= 0.6 is 11.6 Å². The monoisotopic (exact) mass is 503 g/mol. The van der Waals surface area contributed by atoms with Gasteiger partial charge in [0.15, 0.2) is 0 Å². The van der Waals surface area contributed by atoms with E-state index in [1.165, 1.54) is 0 Å². The number of likely N-dealkylation sites (tertiary alicyclic amines) is 2. The Kier molecular flexibility index (Phi) is 7.65. The highest BCUT2D eigenvalue weighted by molar-refractivity contribution is 6.30. The normalized spacial score (nSPS) is 23.9. The third-order valence-corrected chi connectivity index (χ3v) is 8.12. The zero-order chi connectivity index (χ0) is 25.3. The number of amides is 3. The predicted octanol–water partition coefficient (Wildman–Crippen LogP) is 4.40. The first-order valence-electron chi connectivity index (χ1n) is 12.8. The number of rotatable bonds is 6. The van der Waals surface area contributed by atoms with E-state index in [0.717, 1.165) is 18.4 Å². The maximum absolute atomic E-state index is 13.5. The molecular weight excluding hydrogens is 466 g/mol. The molecule has 1 aliphatic carbocycles. The van der Waals surface area contributed by atoms with E-state index in [0.29, 0.717) is 50.7 Å². The van der Waals surface area contributed by atoms with E-state index in [-0.39, 0.29) is 47.1 Å². The van der Waals surface area contributed by atoms with Gasteiger partial charge in [0.25, 0.3) is 0 Å². The van der Waals surface area contributed by atoms with Crippen LogP contribution in [0.15, 0.2) is 24.3 Å². The average molecular weight is 504 g/mol. The number of nitrogens with zero attached hydrogens (tertiary/aromatic N) is 3. The molecule has 3 fully saturated rings. The highest BCUT2D eigenvalue weighted by Gasteiger charge is 2.48. The van der Waals surface area contributed by atoms with Gasteiger partial charge in [0.2, 0.25) is 11.8 Å². The molecule has 1 aromatic carbocycles. The first kappa shape index (κ1) is 25.8. The van der Waals surface area contributed by atoms with Gasteiger partial charge < -0.3 is 19.4 Å². The number of piperidine rings is 1. The molecule has 3 aliphatic rings. The second-order valence-electron chi connectivity index (χ2n) is 11.2. The average Bonchev–Trinajstić information content (AvgIpc) is 3.45. The van der Waals surface area contributed by atoms with Crippen LogP contribution in [0.5, 0.6) is 0 Å². The number of benzene rings is 1. The summed E-state index contributed by atoms with van der Waals surface area (Å²) in [5.41, 5.74) is 0.885. The van der Waals surface area contributed by atoms with Crippen molar-refractivity contribution in [1.82, 2.24) is 14.7 Å². The summed E-state index contributed by atoms with van der Waals surface area (Å²) < 4.78 is 5.48. The molecule has 4 rings (SSSR count). The Bertz CT molecular complexity index is 938. The van der Waals surface area contributed by atoms with Gasteiger partial charge in [-0.3, -0.25) is 9.59 Å². The molecule has 35 heavy (non-hydrogen) atoms. The van der Waals surface area contributed by atoms with Crippen molar-refractivity contribution in [2.45, 2.75) is 58.4 Å². The van der Waals surface area contributed by atoms with Crippen molar-refractivity contribution >= 4 is 29.5 Å². The van der Waals surface area contributed by atoms with Gasteiger partial charge in [-0.2, -0.15) is 0 Å². The molecule has 192 valence electrons. The molecule has 1 saturated carbocycles. The van der Waals surface area contributed by atoms with E-state index in [2.05, 4.69) is 0 Å². The third kappa shape index (κ3) is 5.76. The molecule has 2 saturated heterocycles. The van der Waals surface area contributed by atoms with Crippen molar-refractivity contribution in [3.8, 4) is 0 Å².